The molecule has 2 aromatic rings. The molecule has 0 saturated carbocycles. The average molecular weight is 214 g/mol. The van der Waals surface area contributed by atoms with Gasteiger partial charge in [0.2, 0.25) is 0 Å². The molecule has 2 heteroatoms. The van der Waals surface area contributed by atoms with Gasteiger partial charge in [0, 0.05) is 18.3 Å². The number of hydrogen-bond donors (Lipinski definition) is 0. The van der Waals surface area contributed by atoms with Crippen molar-refractivity contribution in [2.45, 2.75) is 33.2 Å². The molecule has 1 aromatic heterocycles. The Kier molecular flexibility index (Phi) is 3.40. The largest absolute Gasteiger partial charge is 0.272 e. The summed E-state index contributed by atoms with van der Waals surface area (Å²) < 4.78 is 2.03. The Morgan fingerprint density at radius 1 is 1.25 bits per heavy atom. The fourth-order valence-corrected chi connectivity index (χ4v) is 1.84. The molecule has 16 heavy (non-hydrogen) atoms. The lowest BCUT2D eigenvalue weighted by Crippen LogP contribution is -1.96. The molecule has 0 spiro atoms. The van der Waals surface area contributed by atoms with Crippen molar-refractivity contribution in [1.29, 1.82) is 0 Å². The fraction of sp³-hybridized carbons (Fsp3) is 0.357. The van der Waals surface area contributed by atoms with Gasteiger partial charge in [0.1, 0.15) is 0 Å². The van der Waals surface area contributed by atoms with Crippen molar-refractivity contribution in [2.75, 3.05) is 0 Å². The van der Waals surface area contributed by atoms with E-state index in [1.165, 1.54) is 29.5 Å². The Morgan fingerprint density at radius 3 is 2.81 bits per heavy atom. The summed E-state index contributed by atoms with van der Waals surface area (Å²) in [7, 11) is 0. The van der Waals surface area contributed by atoms with Crippen LogP contribution in [0.4, 0.5) is 0 Å². The molecule has 0 saturated heterocycles. The van der Waals surface area contributed by atoms with E-state index in [-0.39, 0.29) is 0 Å². The van der Waals surface area contributed by atoms with Crippen LogP contribution in [0.15, 0.2) is 36.7 Å². The second-order valence-corrected chi connectivity index (χ2v) is 4.16. The van der Waals surface area contributed by atoms with Crippen LogP contribution in [0.25, 0.3) is 11.1 Å². The number of aryl methyl sites for hydroxylation is 2. The summed E-state index contributed by atoms with van der Waals surface area (Å²) in [6.07, 6.45) is 6.49. The molecule has 0 amide bonds. The van der Waals surface area contributed by atoms with E-state index in [0.29, 0.717) is 0 Å². The summed E-state index contributed by atoms with van der Waals surface area (Å²) in [6, 6.07) is 8.43. The summed E-state index contributed by atoms with van der Waals surface area (Å²) in [4.78, 5) is 0. The zero-order chi connectivity index (χ0) is 11.4. The Bertz CT molecular complexity index is 457. The maximum Gasteiger partial charge on any atom is 0.0568 e. The minimum absolute atomic E-state index is 1.02. The van der Waals surface area contributed by atoms with E-state index >= 15 is 0 Å². The molecule has 84 valence electrons. The van der Waals surface area contributed by atoms with Crippen LogP contribution in [-0.2, 0) is 6.54 Å². The van der Waals surface area contributed by atoms with Gasteiger partial charge in [-0.25, -0.2) is 0 Å². The van der Waals surface area contributed by atoms with E-state index in [9.17, 15) is 0 Å². The Labute approximate surface area is 96.9 Å². The van der Waals surface area contributed by atoms with Gasteiger partial charge in [0.05, 0.1) is 6.20 Å². The standard InChI is InChI=1S/C14H18N2/c1-3-4-9-16-11-13(10-15-16)14-8-6-5-7-12(14)2/h5-8,10-11H,3-4,9H2,1-2H3. The van der Waals surface area contributed by atoms with Crippen LogP contribution < -0.4 is 0 Å². The average Bonchev–Trinajstić information content (AvgIpc) is 2.75. The first-order valence-electron chi connectivity index (χ1n) is 5.89. The van der Waals surface area contributed by atoms with Crippen molar-refractivity contribution >= 4 is 0 Å². The summed E-state index contributed by atoms with van der Waals surface area (Å²) in [5, 5.41) is 4.39. The van der Waals surface area contributed by atoms with Gasteiger partial charge >= 0.3 is 0 Å². The van der Waals surface area contributed by atoms with Gasteiger partial charge in [-0.15, -0.1) is 0 Å². The number of benzene rings is 1. The maximum atomic E-state index is 4.39. The normalized spacial score (nSPS) is 10.6. The number of hydrogen-bond acceptors (Lipinski definition) is 1. The second kappa shape index (κ2) is 4.97. The van der Waals surface area contributed by atoms with E-state index in [2.05, 4.69) is 49.4 Å². The predicted molar refractivity (Wildman–Crippen MR) is 67.3 cm³/mol. The van der Waals surface area contributed by atoms with Gasteiger partial charge < -0.3 is 0 Å². The Hall–Kier alpha value is -1.57. The predicted octanol–water partition coefficient (Wildman–Crippen LogP) is 3.66. The molecule has 0 aliphatic rings. The van der Waals surface area contributed by atoms with E-state index < -0.39 is 0 Å². The minimum Gasteiger partial charge on any atom is -0.272 e. The van der Waals surface area contributed by atoms with Gasteiger partial charge in [-0.2, -0.15) is 5.10 Å². The molecule has 0 atom stereocenters. The fourth-order valence-electron chi connectivity index (χ4n) is 1.84. The maximum absolute atomic E-state index is 4.39. The highest BCUT2D eigenvalue weighted by atomic mass is 15.3. The van der Waals surface area contributed by atoms with Crippen LogP contribution in [0.5, 0.6) is 0 Å². The molecule has 0 aliphatic carbocycles. The smallest absolute Gasteiger partial charge is 0.0568 e. The summed E-state index contributed by atoms with van der Waals surface area (Å²) >= 11 is 0. The van der Waals surface area contributed by atoms with Crippen molar-refractivity contribution in [2.24, 2.45) is 0 Å². The van der Waals surface area contributed by atoms with E-state index in [1.54, 1.807) is 0 Å². The number of rotatable bonds is 4. The summed E-state index contributed by atoms with van der Waals surface area (Å²) in [5.41, 5.74) is 3.80. The molecule has 0 radical (unpaired) electrons. The number of nitrogens with zero attached hydrogens (tertiary/aromatic N) is 2. The Balaban J connectivity index is 2.22. The van der Waals surface area contributed by atoms with Crippen molar-refractivity contribution in [3.8, 4) is 11.1 Å². The molecular weight excluding hydrogens is 196 g/mol. The van der Waals surface area contributed by atoms with Crippen LogP contribution >= 0.6 is 0 Å². The van der Waals surface area contributed by atoms with Crippen molar-refractivity contribution in [1.82, 2.24) is 9.78 Å². The summed E-state index contributed by atoms with van der Waals surface area (Å²) in [6.45, 7) is 5.35. The first-order chi connectivity index (χ1) is 7.81. The van der Waals surface area contributed by atoms with E-state index in [1.807, 2.05) is 10.9 Å². The first kappa shape index (κ1) is 10.9. The monoisotopic (exact) mass is 214 g/mol. The minimum atomic E-state index is 1.02. The zero-order valence-electron chi connectivity index (χ0n) is 9.98. The molecule has 2 nitrogen and oxygen atoms in total. The van der Waals surface area contributed by atoms with Crippen LogP contribution in [0.2, 0.25) is 0 Å². The van der Waals surface area contributed by atoms with Gasteiger partial charge in [-0.1, -0.05) is 37.6 Å². The Morgan fingerprint density at radius 2 is 2.06 bits per heavy atom. The van der Waals surface area contributed by atoms with Gasteiger partial charge in [-0.3, -0.25) is 4.68 Å². The van der Waals surface area contributed by atoms with Crippen LogP contribution in [0, 0.1) is 6.92 Å². The molecule has 0 unspecified atom stereocenters. The highest BCUT2D eigenvalue weighted by molar-refractivity contribution is 5.65. The SMILES string of the molecule is CCCCn1cc(-c2ccccc2C)cn1. The molecule has 0 fully saturated rings. The molecule has 1 aromatic carbocycles. The highest BCUT2D eigenvalue weighted by Crippen LogP contribution is 2.22. The third kappa shape index (κ3) is 2.32. The highest BCUT2D eigenvalue weighted by Gasteiger charge is 2.03. The van der Waals surface area contributed by atoms with Gasteiger partial charge in [-0.05, 0) is 24.5 Å². The second-order valence-electron chi connectivity index (χ2n) is 4.16. The van der Waals surface area contributed by atoms with Crippen molar-refractivity contribution in [3.05, 3.63) is 42.2 Å². The van der Waals surface area contributed by atoms with Crippen molar-refractivity contribution in [3.63, 3.8) is 0 Å². The van der Waals surface area contributed by atoms with Gasteiger partial charge in [0.15, 0.2) is 0 Å². The molecule has 0 aliphatic heterocycles. The number of unbranched alkanes of at least 4 members (excludes halogenated alkanes) is 1. The molecule has 1 heterocycles. The first-order valence-corrected chi connectivity index (χ1v) is 5.89. The lowest BCUT2D eigenvalue weighted by Gasteiger charge is -2.01. The third-order valence-corrected chi connectivity index (χ3v) is 2.83. The quantitative estimate of drug-likeness (QED) is 0.759. The lowest BCUT2D eigenvalue weighted by atomic mass is 10.0. The lowest BCUT2D eigenvalue weighted by molar-refractivity contribution is 0.572. The summed E-state index contributed by atoms with van der Waals surface area (Å²) in [5.74, 6) is 0. The third-order valence-electron chi connectivity index (χ3n) is 2.83. The van der Waals surface area contributed by atoms with Gasteiger partial charge in [0.25, 0.3) is 0 Å². The van der Waals surface area contributed by atoms with Crippen LogP contribution in [0.1, 0.15) is 25.3 Å². The number of aromatic nitrogens is 2. The molecule has 0 bridgehead atoms. The van der Waals surface area contributed by atoms with E-state index in [0.717, 1.165) is 6.54 Å². The zero-order valence-corrected chi connectivity index (χ0v) is 9.98. The van der Waals surface area contributed by atoms with E-state index in [4.69, 9.17) is 0 Å². The topological polar surface area (TPSA) is 17.8 Å². The molecule has 0 N–H and O–H groups in total. The van der Waals surface area contributed by atoms with Crippen LogP contribution in [0.3, 0.4) is 0 Å². The van der Waals surface area contributed by atoms with Crippen molar-refractivity contribution < 1.29 is 0 Å². The van der Waals surface area contributed by atoms with Crippen LogP contribution in [-0.4, -0.2) is 9.78 Å². The molecular formula is C14H18N2. The molecule has 2 rings (SSSR count).